The van der Waals surface area contributed by atoms with E-state index >= 15 is 0 Å². The van der Waals surface area contributed by atoms with Crippen LogP contribution in [0, 0.1) is 0 Å². The Labute approximate surface area is 155 Å². The molecule has 134 valence electrons. The Bertz CT molecular complexity index is 1030. The number of urea groups is 1. The zero-order valence-corrected chi connectivity index (χ0v) is 14.3. The van der Waals surface area contributed by atoms with Gasteiger partial charge < -0.3 is 10.6 Å². The molecule has 0 aliphatic carbocycles. The summed E-state index contributed by atoms with van der Waals surface area (Å²) < 4.78 is 0. The molecule has 0 unspecified atom stereocenters. The minimum Gasteiger partial charge on any atom is -0.336 e. The largest absolute Gasteiger partial charge is 0.336 e. The number of amides is 4. The molecule has 1 aromatic heterocycles. The average Bonchev–Trinajstić information content (AvgIpc) is 2.93. The summed E-state index contributed by atoms with van der Waals surface area (Å²) >= 11 is 0. The number of pyridine rings is 1. The molecule has 2 heterocycles. The van der Waals surface area contributed by atoms with Gasteiger partial charge in [-0.25, -0.2) is 4.79 Å². The molecule has 2 N–H and O–H groups in total. The van der Waals surface area contributed by atoms with E-state index in [1.54, 1.807) is 36.5 Å². The van der Waals surface area contributed by atoms with Gasteiger partial charge in [0.05, 0.1) is 16.6 Å². The van der Waals surface area contributed by atoms with Gasteiger partial charge in [-0.2, -0.15) is 0 Å². The normalized spacial score (nSPS) is 13.0. The van der Waals surface area contributed by atoms with Crippen LogP contribution in [0.5, 0.6) is 0 Å². The number of benzene rings is 2. The number of nitrogens with zero attached hydrogens (tertiary/aromatic N) is 2. The summed E-state index contributed by atoms with van der Waals surface area (Å²) in [5.74, 6) is -0.667. The Balaban J connectivity index is 1.33. The monoisotopic (exact) mass is 360 g/mol. The van der Waals surface area contributed by atoms with Crippen LogP contribution in [0.2, 0.25) is 0 Å². The van der Waals surface area contributed by atoms with Crippen molar-refractivity contribution in [2.24, 2.45) is 0 Å². The number of anilines is 1. The smallest absolute Gasteiger partial charge is 0.319 e. The van der Waals surface area contributed by atoms with Gasteiger partial charge in [-0.05, 0) is 36.4 Å². The predicted octanol–water partition coefficient (Wildman–Crippen LogP) is 2.65. The molecule has 0 fully saturated rings. The van der Waals surface area contributed by atoms with Gasteiger partial charge in [0.1, 0.15) is 0 Å². The van der Waals surface area contributed by atoms with Crippen LogP contribution < -0.4 is 10.6 Å². The lowest BCUT2D eigenvalue weighted by Crippen LogP contribution is -2.39. The highest BCUT2D eigenvalue weighted by Gasteiger charge is 2.34. The van der Waals surface area contributed by atoms with Crippen molar-refractivity contribution in [2.45, 2.75) is 0 Å². The lowest BCUT2D eigenvalue weighted by Gasteiger charge is -2.14. The van der Waals surface area contributed by atoms with Crippen molar-refractivity contribution in [1.29, 1.82) is 0 Å². The average molecular weight is 360 g/mol. The maximum Gasteiger partial charge on any atom is 0.319 e. The third-order valence-electron chi connectivity index (χ3n) is 4.36. The number of nitrogens with one attached hydrogen (secondary N) is 2. The molecule has 0 saturated heterocycles. The molecule has 1 aliphatic rings. The van der Waals surface area contributed by atoms with E-state index in [0.717, 1.165) is 15.8 Å². The highest BCUT2D eigenvalue weighted by atomic mass is 16.2. The van der Waals surface area contributed by atoms with Crippen LogP contribution in [0.4, 0.5) is 10.5 Å². The molecule has 3 aromatic rings. The van der Waals surface area contributed by atoms with Gasteiger partial charge in [0, 0.05) is 30.4 Å². The molecule has 4 rings (SSSR count). The molecule has 0 radical (unpaired) electrons. The standard InChI is InChI=1S/C20H16N4O3/c25-18-15-5-1-2-6-16(15)19(26)24(18)11-10-22-20(27)23-14-7-8-17-13(12-14)4-3-9-21-17/h1-9,12H,10-11H2,(H2,22,23,27). The number of imide groups is 1. The summed E-state index contributed by atoms with van der Waals surface area (Å²) in [7, 11) is 0. The van der Waals surface area contributed by atoms with Crippen molar-refractivity contribution in [2.75, 3.05) is 18.4 Å². The summed E-state index contributed by atoms with van der Waals surface area (Å²) in [5.41, 5.74) is 2.27. The Kier molecular flexibility index (Phi) is 4.25. The van der Waals surface area contributed by atoms with Crippen molar-refractivity contribution in [3.8, 4) is 0 Å². The highest BCUT2D eigenvalue weighted by Crippen LogP contribution is 2.21. The van der Waals surface area contributed by atoms with Crippen molar-refractivity contribution >= 4 is 34.4 Å². The van der Waals surface area contributed by atoms with E-state index in [1.807, 2.05) is 24.3 Å². The van der Waals surface area contributed by atoms with Gasteiger partial charge in [-0.15, -0.1) is 0 Å². The number of hydrogen-bond acceptors (Lipinski definition) is 4. The summed E-state index contributed by atoms with van der Waals surface area (Å²) in [6, 6.07) is 15.4. The maximum absolute atomic E-state index is 12.3. The second-order valence-corrected chi connectivity index (χ2v) is 6.10. The topological polar surface area (TPSA) is 91.4 Å². The number of hydrogen-bond donors (Lipinski definition) is 2. The van der Waals surface area contributed by atoms with Crippen LogP contribution >= 0.6 is 0 Å². The predicted molar refractivity (Wildman–Crippen MR) is 101 cm³/mol. The molecule has 4 amide bonds. The Morgan fingerprint density at radius 3 is 2.44 bits per heavy atom. The van der Waals surface area contributed by atoms with Crippen molar-refractivity contribution < 1.29 is 14.4 Å². The zero-order chi connectivity index (χ0) is 18.8. The molecular formula is C20H16N4O3. The third-order valence-corrected chi connectivity index (χ3v) is 4.36. The Hall–Kier alpha value is -3.74. The quantitative estimate of drug-likeness (QED) is 0.700. The number of rotatable bonds is 4. The van der Waals surface area contributed by atoms with Crippen molar-refractivity contribution in [1.82, 2.24) is 15.2 Å². The van der Waals surface area contributed by atoms with E-state index in [1.165, 1.54) is 0 Å². The molecule has 0 spiro atoms. The van der Waals surface area contributed by atoms with E-state index in [0.29, 0.717) is 16.8 Å². The summed E-state index contributed by atoms with van der Waals surface area (Å²) in [6.07, 6.45) is 1.71. The van der Waals surface area contributed by atoms with Gasteiger partial charge in [-0.3, -0.25) is 19.5 Å². The Morgan fingerprint density at radius 2 is 1.70 bits per heavy atom. The first-order valence-corrected chi connectivity index (χ1v) is 8.48. The van der Waals surface area contributed by atoms with E-state index in [4.69, 9.17) is 0 Å². The third kappa shape index (κ3) is 3.22. The second kappa shape index (κ2) is 6.87. The second-order valence-electron chi connectivity index (χ2n) is 6.10. The van der Waals surface area contributed by atoms with Crippen LogP contribution in [0.25, 0.3) is 10.9 Å². The first-order valence-electron chi connectivity index (χ1n) is 8.48. The number of fused-ring (bicyclic) bond motifs is 2. The summed E-state index contributed by atoms with van der Waals surface area (Å²) in [4.78, 5) is 42.0. The maximum atomic E-state index is 12.3. The van der Waals surface area contributed by atoms with Gasteiger partial charge in [0.15, 0.2) is 0 Å². The lowest BCUT2D eigenvalue weighted by molar-refractivity contribution is 0.0656. The fraction of sp³-hybridized carbons (Fsp3) is 0.100. The van der Waals surface area contributed by atoms with Gasteiger partial charge >= 0.3 is 6.03 Å². The van der Waals surface area contributed by atoms with Gasteiger partial charge in [0.2, 0.25) is 0 Å². The number of aromatic nitrogens is 1. The fourth-order valence-electron chi connectivity index (χ4n) is 3.05. The van der Waals surface area contributed by atoms with Crippen molar-refractivity contribution in [3.05, 3.63) is 71.9 Å². The molecule has 0 atom stereocenters. The van der Waals surface area contributed by atoms with Crippen LogP contribution in [-0.4, -0.2) is 40.8 Å². The molecule has 27 heavy (non-hydrogen) atoms. The lowest BCUT2D eigenvalue weighted by atomic mass is 10.1. The first kappa shape index (κ1) is 16.7. The van der Waals surface area contributed by atoms with Gasteiger partial charge in [0.25, 0.3) is 11.8 Å². The molecular weight excluding hydrogens is 344 g/mol. The molecule has 7 nitrogen and oxygen atoms in total. The fourth-order valence-corrected chi connectivity index (χ4v) is 3.05. The van der Waals surface area contributed by atoms with Crippen LogP contribution in [-0.2, 0) is 0 Å². The molecule has 0 saturated carbocycles. The van der Waals surface area contributed by atoms with Crippen LogP contribution in [0.1, 0.15) is 20.7 Å². The summed E-state index contributed by atoms with van der Waals surface area (Å²) in [6.45, 7) is 0.272. The number of carbonyl (C=O) groups excluding carboxylic acids is 3. The van der Waals surface area contributed by atoms with Crippen molar-refractivity contribution in [3.63, 3.8) is 0 Å². The highest BCUT2D eigenvalue weighted by molar-refractivity contribution is 6.21. The van der Waals surface area contributed by atoms with E-state index in [-0.39, 0.29) is 24.9 Å². The van der Waals surface area contributed by atoms with E-state index in [9.17, 15) is 14.4 Å². The minimum absolute atomic E-state index is 0.113. The molecule has 2 aromatic carbocycles. The van der Waals surface area contributed by atoms with Crippen LogP contribution in [0.3, 0.4) is 0 Å². The number of carbonyl (C=O) groups is 3. The molecule has 1 aliphatic heterocycles. The zero-order valence-electron chi connectivity index (χ0n) is 14.3. The van der Waals surface area contributed by atoms with Crippen LogP contribution in [0.15, 0.2) is 60.8 Å². The SMILES string of the molecule is O=C(NCCN1C(=O)c2ccccc2C1=O)Nc1ccc2ncccc2c1. The first-order chi connectivity index (χ1) is 13.1. The Morgan fingerprint density at radius 1 is 0.963 bits per heavy atom. The van der Waals surface area contributed by atoms with Gasteiger partial charge in [-0.1, -0.05) is 18.2 Å². The minimum atomic E-state index is -0.408. The molecule has 0 bridgehead atoms. The summed E-state index contributed by atoms with van der Waals surface area (Å²) in [5, 5.41) is 6.31. The van der Waals surface area contributed by atoms with E-state index in [2.05, 4.69) is 15.6 Å². The molecule has 7 heteroatoms. The van der Waals surface area contributed by atoms with E-state index < -0.39 is 6.03 Å².